The lowest BCUT2D eigenvalue weighted by Crippen LogP contribution is -2.44. The van der Waals surface area contributed by atoms with Gasteiger partial charge in [-0.2, -0.15) is 28.1 Å². The summed E-state index contributed by atoms with van der Waals surface area (Å²) in [6.07, 6.45) is -4.36. The number of anilines is 3. The Labute approximate surface area is 162 Å². The van der Waals surface area contributed by atoms with E-state index in [1.54, 1.807) is 0 Å². The number of hydrogen-bond acceptors (Lipinski definition) is 7. The van der Waals surface area contributed by atoms with Crippen molar-refractivity contribution < 1.29 is 13.2 Å². The maximum absolute atomic E-state index is 12.5. The molecule has 27 heavy (non-hydrogen) atoms. The average Bonchev–Trinajstić information content (AvgIpc) is 2.65. The maximum Gasteiger partial charge on any atom is 0.405 e. The van der Waals surface area contributed by atoms with E-state index in [1.165, 1.54) is 0 Å². The van der Waals surface area contributed by atoms with Gasteiger partial charge >= 0.3 is 6.18 Å². The van der Waals surface area contributed by atoms with Crippen LogP contribution in [0, 0.1) is 0 Å². The van der Waals surface area contributed by atoms with Crippen molar-refractivity contribution in [1.82, 2.24) is 20.3 Å². The molecular weight excluding hydrogens is 427 g/mol. The minimum Gasteiger partial charge on any atom is -0.350 e. The first-order valence-electron chi connectivity index (χ1n) is 8.40. The largest absolute Gasteiger partial charge is 0.405 e. The van der Waals surface area contributed by atoms with Gasteiger partial charge in [-0.3, -0.25) is 0 Å². The topological polar surface area (TPSA) is 78.0 Å². The highest BCUT2D eigenvalue weighted by Gasteiger charge is 2.27. The molecule has 146 valence electrons. The molecule has 3 N–H and O–H groups in total. The molecule has 1 aliphatic rings. The number of rotatable bonds is 6. The van der Waals surface area contributed by atoms with Gasteiger partial charge in [-0.1, -0.05) is 28.1 Å². The Bertz CT molecular complexity index is 766. The molecule has 3 rings (SSSR count). The third-order valence-electron chi connectivity index (χ3n) is 3.81. The third-order valence-corrected chi connectivity index (χ3v) is 4.30. The van der Waals surface area contributed by atoms with E-state index in [1.807, 2.05) is 29.2 Å². The van der Waals surface area contributed by atoms with Crippen LogP contribution in [0.25, 0.3) is 0 Å². The average molecular weight is 446 g/mol. The quantitative estimate of drug-likeness (QED) is 0.630. The molecule has 2 aromatic rings. The molecular formula is C16H19BrF3N7. The van der Waals surface area contributed by atoms with Crippen LogP contribution >= 0.6 is 15.9 Å². The van der Waals surface area contributed by atoms with Crippen molar-refractivity contribution in [1.29, 1.82) is 0 Å². The van der Waals surface area contributed by atoms with Gasteiger partial charge in [0.15, 0.2) is 0 Å². The Hall–Kier alpha value is -2.14. The Kier molecular flexibility index (Phi) is 6.32. The summed E-state index contributed by atoms with van der Waals surface area (Å²) in [6, 6.07) is 7.68. The van der Waals surface area contributed by atoms with E-state index < -0.39 is 12.7 Å². The molecule has 2 heterocycles. The van der Waals surface area contributed by atoms with Crippen molar-refractivity contribution in [3.8, 4) is 0 Å². The van der Waals surface area contributed by atoms with Crippen LogP contribution in [-0.2, 0) is 6.54 Å². The van der Waals surface area contributed by atoms with Crippen LogP contribution < -0.4 is 20.9 Å². The lowest BCUT2D eigenvalue weighted by molar-refractivity contribution is -0.115. The fraction of sp³-hybridized carbons (Fsp3) is 0.438. The van der Waals surface area contributed by atoms with Crippen molar-refractivity contribution >= 4 is 33.8 Å². The molecule has 0 radical (unpaired) electrons. The zero-order chi connectivity index (χ0) is 19.3. The van der Waals surface area contributed by atoms with E-state index in [0.717, 1.165) is 23.1 Å². The van der Waals surface area contributed by atoms with Gasteiger partial charge in [-0.25, -0.2) is 0 Å². The minimum absolute atomic E-state index is 0.104. The minimum atomic E-state index is -4.36. The lowest BCUT2D eigenvalue weighted by atomic mass is 10.2. The Balaban J connectivity index is 1.77. The SMILES string of the molecule is FC(F)(F)CNc1nc(NCc2cccc(Br)c2)nc(N2CCNCC2)n1. The highest BCUT2D eigenvalue weighted by atomic mass is 79.9. The zero-order valence-electron chi connectivity index (χ0n) is 14.4. The monoisotopic (exact) mass is 445 g/mol. The molecule has 0 amide bonds. The summed E-state index contributed by atoms with van der Waals surface area (Å²) in [5, 5.41) is 8.51. The van der Waals surface area contributed by atoms with Gasteiger partial charge in [0.2, 0.25) is 17.8 Å². The molecule has 0 unspecified atom stereocenters. The molecule has 7 nitrogen and oxygen atoms in total. The summed E-state index contributed by atoms with van der Waals surface area (Å²) in [5.41, 5.74) is 0.985. The maximum atomic E-state index is 12.5. The fourth-order valence-electron chi connectivity index (χ4n) is 2.54. The predicted octanol–water partition coefficient (Wildman–Crippen LogP) is 2.63. The number of nitrogens with one attached hydrogen (secondary N) is 3. The first kappa shape index (κ1) is 19.6. The van der Waals surface area contributed by atoms with Crippen LogP contribution in [0.3, 0.4) is 0 Å². The standard InChI is InChI=1S/C16H19BrF3N7/c17-12-3-1-2-11(8-12)9-22-13-24-14(23-10-16(18,19)20)26-15(25-13)27-6-4-21-5-7-27/h1-3,8,21H,4-7,9-10H2,(H2,22,23,24,25,26). The zero-order valence-corrected chi connectivity index (χ0v) is 15.9. The van der Waals surface area contributed by atoms with Gasteiger partial charge in [0, 0.05) is 37.2 Å². The van der Waals surface area contributed by atoms with Crippen LogP contribution in [0.1, 0.15) is 5.56 Å². The molecule has 0 atom stereocenters. The second-order valence-corrected chi connectivity index (χ2v) is 6.89. The van der Waals surface area contributed by atoms with Crippen molar-refractivity contribution in [2.75, 3.05) is 48.3 Å². The third kappa shape index (κ3) is 6.21. The second kappa shape index (κ2) is 8.70. The molecule has 0 bridgehead atoms. The lowest BCUT2D eigenvalue weighted by Gasteiger charge is -2.27. The number of alkyl halides is 3. The second-order valence-electron chi connectivity index (χ2n) is 5.97. The van der Waals surface area contributed by atoms with E-state index in [9.17, 15) is 13.2 Å². The van der Waals surface area contributed by atoms with Crippen molar-refractivity contribution in [3.63, 3.8) is 0 Å². The van der Waals surface area contributed by atoms with Crippen LogP contribution in [0.5, 0.6) is 0 Å². The molecule has 0 saturated carbocycles. The first-order chi connectivity index (χ1) is 12.9. The van der Waals surface area contributed by atoms with E-state index in [0.29, 0.717) is 25.6 Å². The first-order valence-corrected chi connectivity index (χ1v) is 9.19. The van der Waals surface area contributed by atoms with Crippen molar-refractivity contribution in [2.45, 2.75) is 12.7 Å². The van der Waals surface area contributed by atoms with Crippen molar-refractivity contribution in [2.24, 2.45) is 0 Å². The molecule has 0 spiro atoms. The fourth-order valence-corrected chi connectivity index (χ4v) is 2.98. The molecule has 1 aliphatic heterocycles. The summed E-state index contributed by atoms with van der Waals surface area (Å²) in [7, 11) is 0. The van der Waals surface area contributed by atoms with Gasteiger partial charge < -0.3 is 20.9 Å². The predicted molar refractivity (Wildman–Crippen MR) is 101 cm³/mol. The summed E-state index contributed by atoms with van der Waals surface area (Å²) in [4.78, 5) is 14.5. The summed E-state index contributed by atoms with van der Waals surface area (Å²) < 4.78 is 38.5. The molecule has 1 saturated heterocycles. The van der Waals surface area contributed by atoms with E-state index in [-0.39, 0.29) is 11.9 Å². The normalized spacial score (nSPS) is 14.9. The molecule has 1 aromatic carbocycles. The van der Waals surface area contributed by atoms with Crippen LogP contribution in [0.15, 0.2) is 28.7 Å². The van der Waals surface area contributed by atoms with Gasteiger partial charge in [0.05, 0.1) is 0 Å². The highest BCUT2D eigenvalue weighted by Crippen LogP contribution is 2.19. The highest BCUT2D eigenvalue weighted by molar-refractivity contribution is 9.10. The van der Waals surface area contributed by atoms with Crippen molar-refractivity contribution in [3.05, 3.63) is 34.3 Å². The molecule has 0 aliphatic carbocycles. The number of hydrogen-bond donors (Lipinski definition) is 3. The van der Waals surface area contributed by atoms with Gasteiger partial charge in [0.25, 0.3) is 0 Å². The summed E-state index contributed by atoms with van der Waals surface area (Å²) >= 11 is 3.40. The Morgan fingerprint density at radius 3 is 2.44 bits per heavy atom. The van der Waals surface area contributed by atoms with E-state index in [2.05, 4.69) is 46.8 Å². The van der Waals surface area contributed by atoms with Crippen LogP contribution in [0.4, 0.5) is 31.0 Å². The Morgan fingerprint density at radius 1 is 1.07 bits per heavy atom. The van der Waals surface area contributed by atoms with Crippen LogP contribution in [0.2, 0.25) is 0 Å². The van der Waals surface area contributed by atoms with Gasteiger partial charge in [-0.15, -0.1) is 0 Å². The number of halogens is 4. The number of piperazine rings is 1. The number of aromatic nitrogens is 3. The Morgan fingerprint density at radius 2 is 1.78 bits per heavy atom. The van der Waals surface area contributed by atoms with E-state index in [4.69, 9.17) is 0 Å². The van der Waals surface area contributed by atoms with Crippen LogP contribution in [-0.4, -0.2) is 53.9 Å². The number of benzene rings is 1. The van der Waals surface area contributed by atoms with Gasteiger partial charge in [0.1, 0.15) is 6.54 Å². The molecule has 1 aromatic heterocycles. The molecule has 11 heteroatoms. The summed E-state index contributed by atoms with van der Waals surface area (Å²) in [5.74, 6) is 0.476. The smallest absolute Gasteiger partial charge is 0.350 e. The number of nitrogens with zero attached hydrogens (tertiary/aromatic N) is 4. The van der Waals surface area contributed by atoms with Gasteiger partial charge in [-0.05, 0) is 17.7 Å². The molecule has 1 fully saturated rings. The van der Waals surface area contributed by atoms with E-state index >= 15 is 0 Å². The summed E-state index contributed by atoms with van der Waals surface area (Å²) in [6.45, 7) is 2.10.